The van der Waals surface area contributed by atoms with Crippen LogP contribution in [0.1, 0.15) is 66.6 Å². The quantitative estimate of drug-likeness (QED) is 0.208. The van der Waals surface area contributed by atoms with E-state index in [1.807, 2.05) is 37.3 Å². The second-order valence-electron chi connectivity index (χ2n) is 11.1. The number of carboxylic acids is 1. The van der Waals surface area contributed by atoms with E-state index in [0.29, 0.717) is 30.8 Å². The van der Waals surface area contributed by atoms with Gasteiger partial charge in [-0.15, -0.1) is 0 Å². The van der Waals surface area contributed by atoms with Crippen LogP contribution < -0.4 is 15.5 Å². The Hall–Kier alpha value is -4.23. The number of aliphatic carboxylic acids is 1. The van der Waals surface area contributed by atoms with Crippen molar-refractivity contribution in [2.45, 2.75) is 75.8 Å². The maximum Gasteiger partial charge on any atom is 0.490 e. The molecule has 1 saturated carbocycles. The number of nitrogens with zero attached hydrogens (tertiary/aromatic N) is 1. The molecule has 4 N–H and O–H groups in total. The summed E-state index contributed by atoms with van der Waals surface area (Å²) in [6.07, 6.45) is -0.212. The van der Waals surface area contributed by atoms with Crippen LogP contribution in [-0.4, -0.2) is 57.0 Å². The van der Waals surface area contributed by atoms with Gasteiger partial charge in [-0.2, -0.15) is 13.2 Å². The predicted molar refractivity (Wildman–Crippen MR) is 152 cm³/mol. The number of amides is 2. The zero-order valence-corrected chi connectivity index (χ0v) is 24.1. The number of halogens is 3. The summed E-state index contributed by atoms with van der Waals surface area (Å²) in [5.41, 5.74) is 4.26. The number of pyridine rings is 1. The lowest BCUT2D eigenvalue weighted by Gasteiger charge is -2.44. The van der Waals surface area contributed by atoms with Crippen molar-refractivity contribution in [3.8, 4) is 5.75 Å². The predicted octanol–water partition coefficient (Wildman–Crippen LogP) is 5.24. The molecule has 0 atom stereocenters. The Labute approximate surface area is 251 Å². The molecule has 44 heavy (non-hydrogen) atoms. The molecule has 0 unspecified atom stereocenters. The van der Waals surface area contributed by atoms with Gasteiger partial charge < -0.3 is 19.9 Å². The molecule has 1 saturated heterocycles. The molecule has 2 aromatic carbocycles. The first-order valence-corrected chi connectivity index (χ1v) is 14.1. The third kappa shape index (κ3) is 8.23. The van der Waals surface area contributed by atoms with E-state index in [9.17, 15) is 22.8 Å². The highest BCUT2D eigenvalue weighted by Gasteiger charge is 2.46. The molecule has 2 amide bonds. The average Bonchev–Trinajstić information content (AvgIpc) is 3.46. The molecule has 13 heteroatoms. The largest absolute Gasteiger partial charge is 0.490 e. The van der Waals surface area contributed by atoms with Gasteiger partial charge in [-0.05, 0) is 81.8 Å². The molecule has 2 heterocycles. The number of hydrogen-bond donors (Lipinski definition) is 4. The number of rotatable bonds is 7. The summed E-state index contributed by atoms with van der Waals surface area (Å²) in [5.74, 6) is -2.86. The number of benzene rings is 2. The summed E-state index contributed by atoms with van der Waals surface area (Å²) in [5, 5.41) is 20.4. The van der Waals surface area contributed by atoms with Crippen LogP contribution in [0.3, 0.4) is 0 Å². The van der Waals surface area contributed by atoms with Crippen LogP contribution in [0.5, 0.6) is 5.75 Å². The van der Waals surface area contributed by atoms with Crippen LogP contribution in [0.25, 0.3) is 10.9 Å². The minimum Gasteiger partial charge on any atom is -0.489 e. The lowest BCUT2D eigenvalue weighted by molar-refractivity contribution is -0.192. The van der Waals surface area contributed by atoms with E-state index < -0.39 is 23.6 Å². The smallest absolute Gasteiger partial charge is 0.489 e. The van der Waals surface area contributed by atoms with E-state index in [1.54, 1.807) is 29.7 Å². The highest BCUT2D eigenvalue weighted by molar-refractivity contribution is 5.95. The highest BCUT2D eigenvalue weighted by atomic mass is 19.4. The molecule has 236 valence electrons. The fourth-order valence-corrected chi connectivity index (χ4v) is 5.72. The van der Waals surface area contributed by atoms with Crippen LogP contribution in [0.2, 0.25) is 0 Å². The number of alkyl halides is 3. The highest BCUT2D eigenvalue weighted by Crippen LogP contribution is 2.44. The normalized spacial score (nSPS) is 21.3. The number of carboxylic acid groups (broad SMARTS) is 1. The fourth-order valence-electron chi connectivity index (χ4n) is 5.72. The number of hydroxylamine groups is 1. The summed E-state index contributed by atoms with van der Waals surface area (Å²) in [6, 6.07) is 17.0. The molecule has 1 aliphatic carbocycles. The number of para-hydroxylation sites is 1. The van der Waals surface area contributed by atoms with Crippen molar-refractivity contribution in [3.63, 3.8) is 0 Å². The van der Waals surface area contributed by atoms with Crippen molar-refractivity contribution in [1.29, 1.82) is 0 Å². The zero-order chi connectivity index (χ0) is 32.0. The van der Waals surface area contributed by atoms with Crippen molar-refractivity contribution in [2.24, 2.45) is 0 Å². The van der Waals surface area contributed by atoms with Crippen LogP contribution in [-0.2, 0) is 20.9 Å². The topological polar surface area (TPSA) is 147 Å². The van der Waals surface area contributed by atoms with Gasteiger partial charge in [0.2, 0.25) is 5.91 Å². The Balaban J connectivity index is 0.000000566. The molecule has 1 spiro atoms. The molecule has 1 aromatic heterocycles. The van der Waals surface area contributed by atoms with Crippen LogP contribution in [0.4, 0.5) is 13.2 Å². The SMILES string of the molecule is Cc1cc(COc2ccc(C(=O)NC3(CC(=O)NO)CCC4(CCCO4)CC3)cc2)c2ccccc2n1.O=C(O)C(F)(F)F. The first-order valence-electron chi connectivity index (χ1n) is 14.1. The third-order valence-corrected chi connectivity index (χ3v) is 7.99. The summed E-state index contributed by atoms with van der Waals surface area (Å²) in [4.78, 5) is 38.7. The van der Waals surface area contributed by atoms with Crippen LogP contribution >= 0.6 is 0 Å². The van der Waals surface area contributed by atoms with Gasteiger partial charge in [-0.25, -0.2) is 10.3 Å². The van der Waals surface area contributed by atoms with Crippen molar-refractivity contribution in [1.82, 2.24) is 15.8 Å². The van der Waals surface area contributed by atoms with Crippen molar-refractivity contribution >= 4 is 28.7 Å². The summed E-state index contributed by atoms with van der Waals surface area (Å²) >= 11 is 0. The molecular weight excluding hydrogens is 583 g/mol. The minimum atomic E-state index is -5.08. The molecule has 3 aromatic rings. The van der Waals surface area contributed by atoms with Crippen molar-refractivity contribution < 1.29 is 47.3 Å². The summed E-state index contributed by atoms with van der Waals surface area (Å²) in [7, 11) is 0. The second-order valence-corrected chi connectivity index (χ2v) is 11.1. The van der Waals surface area contributed by atoms with Crippen molar-refractivity contribution in [3.05, 3.63) is 71.4 Å². The second kappa shape index (κ2) is 13.6. The van der Waals surface area contributed by atoms with E-state index in [-0.39, 0.29) is 17.9 Å². The standard InChI is InChI=1S/C29H33N3O5.C2HF3O2/c1-20-17-22(24-5-2-3-6-25(24)30-20)19-36-23-9-7-21(8-10-23)27(34)31-28(18-26(33)32-35)12-14-29(15-13-28)11-4-16-37-29;3-2(4,5)1(6)7/h2-3,5-10,17,35H,4,11-16,18-19H2,1H3,(H,31,34)(H,32,33);(H,6,7). The Bertz CT molecular complexity index is 1480. The number of nitrogens with one attached hydrogen (secondary N) is 2. The molecule has 0 radical (unpaired) electrons. The molecule has 2 fully saturated rings. The van der Waals surface area contributed by atoms with E-state index >= 15 is 0 Å². The van der Waals surface area contributed by atoms with Crippen LogP contribution in [0, 0.1) is 6.92 Å². The van der Waals surface area contributed by atoms with Gasteiger partial charge in [0.05, 0.1) is 17.5 Å². The Morgan fingerprint density at radius 2 is 1.68 bits per heavy atom. The lowest BCUT2D eigenvalue weighted by Crippen LogP contribution is -2.55. The van der Waals surface area contributed by atoms with Crippen molar-refractivity contribution in [2.75, 3.05) is 6.61 Å². The van der Waals surface area contributed by atoms with Gasteiger partial charge in [0.1, 0.15) is 12.4 Å². The number of aromatic nitrogens is 1. The van der Waals surface area contributed by atoms with Gasteiger partial charge in [-0.3, -0.25) is 19.8 Å². The Kier molecular flexibility index (Phi) is 10.1. The van der Waals surface area contributed by atoms with E-state index in [2.05, 4.69) is 10.3 Å². The number of carbonyl (C=O) groups excluding carboxylic acids is 2. The first kappa shape index (κ1) is 32.7. The molecular formula is C31H34F3N3O7. The molecule has 1 aliphatic heterocycles. The molecule has 5 rings (SSSR count). The number of hydrogen-bond acceptors (Lipinski definition) is 7. The maximum absolute atomic E-state index is 13.2. The Morgan fingerprint density at radius 1 is 1.02 bits per heavy atom. The fraction of sp³-hybridized carbons (Fsp3) is 0.419. The van der Waals surface area contributed by atoms with Gasteiger partial charge in [0.25, 0.3) is 5.91 Å². The molecule has 10 nitrogen and oxygen atoms in total. The van der Waals surface area contributed by atoms with Gasteiger partial charge >= 0.3 is 12.1 Å². The van der Waals surface area contributed by atoms with E-state index in [1.165, 1.54) is 0 Å². The minimum absolute atomic E-state index is 0.0197. The number of fused-ring (bicyclic) bond motifs is 1. The molecule has 0 bridgehead atoms. The van der Waals surface area contributed by atoms with Crippen LogP contribution in [0.15, 0.2) is 54.6 Å². The average molecular weight is 618 g/mol. The number of ether oxygens (including phenoxy) is 2. The summed E-state index contributed by atoms with van der Waals surface area (Å²) < 4.78 is 43.8. The first-order chi connectivity index (χ1) is 20.8. The zero-order valence-electron chi connectivity index (χ0n) is 24.1. The van der Waals surface area contributed by atoms with Gasteiger partial charge in [0, 0.05) is 34.4 Å². The number of carbonyl (C=O) groups is 3. The van der Waals surface area contributed by atoms with Gasteiger partial charge in [-0.1, -0.05) is 18.2 Å². The van der Waals surface area contributed by atoms with E-state index in [0.717, 1.165) is 54.5 Å². The monoisotopic (exact) mass is 617 g/mol. The van der Waals surface area contributed by atoms with E-state index in [4.69, 9.17) is 24.6 Å². The number of aryl methyl sites for hydroxylation is 1. The summed E-state index contributed by atoms with van der Waals surface area (Å²) in [6.45, 7) is 3.12. The molecule has 2 aliphatic rings. The van der Waals surface area contributed by atoms with Gasteiger partial charge in [0.15, 0.2) is 0 Å². The lowest BCUT2D eigenvalue weighted by atomic mass is 9.71. The third-order valence-electron chi connectivity index (χ3n) is 7.99. The Morgan fingerprint density at radius 3 is 2.27 bits per heavy atom. The maximum atomic E-state index is 13.2.